The van der Waals surface area contributed by atoms with Crippen LogP contribution in [-0.2, 0) is 4.79 Å². The molecule has 0 atom stereocenters. The summed E-state index contributed by atoms with van der Waals surface area (Å²) in [5.41, 5.74) is 7.49. The van der Waals surface area contributed by atoms with Crippen LogP contribution in [0.4, 0.5) is 21.6 Å². The molecule has 3 aromatic rings. The zero-order valence-corrected chi connectivity index (χ0v) is 18.6. The molecule has 2 aliphatic rings. The molecule has 0 unspecified atom stereocenters. The number of nitrogens with one attached hydrogen (secondary N) is 2. The Morgan fingerprint density at radius 2 is 1.91 bits per heavy atom. The second kappa shape index (κ2) is 9.21. The van der Waals surface area contributed by atoms with Gasteiger partial charge in [0.25, 0.3) is 5.91 Å². The van der Waals surface area contributed by atoms with E-state index >= 15 is 0 Å². The lowest BCUT2D eigenvalue weighted by atomic mass is 9.94. The molecule has 0 aliphatic carbocycles. The molecule has 34 heavy (non-hydrogen) atoms. The second-order valence-corrected chi connectivity index (χ2v) is 8.48. The predicted molar refractivity (Wildman–Crippen MR) is 124 cm³/mol. The summed E-state index contributed by atoms with van der Waals surface area (Å²) >= 11 is 0. The fraction of sp³-hybridized carbons (Fsp3) is 0.409. The number of fused-ring (bicyclic) bond motifs is 1. The topological polar surface area (TPSA) is 134 Å². The number of nitrogens with two attached hydrogens (primary N) is 1. The van der Waals surface area contributed by atoms with Gasteiger partial charge in [-0.25, -0.2) is 13.9 Å². The van der Waals surface area contributed by atoms with E-state index in [0.717, 1.165) is 61.6 Å². The summed E-state index contributed by atoms with van der Waals surface area (Å²) in [6.45, 7) is 4.54. The van der Waals surface area contributed by atoms with Crippen LogP contribution in [0.1, 0.15) is 23.2 Å². The van der Waals surface area contributed by atoms with E-state index in [9.17, 15) is 14.0 Å². The first-order chi connectivity index (χ1) is 16.5. The maximum Gasteiger partial charge on any atom is 0.263 e. The molecule has 12 heteroatoms. The number of halogens is 1. The van der Waals surface area contributed by atoms with Crippen LogP contribution in [0.2, 0.25) is 0 Å². The number of carbonyl (C=O) groups is 2. The second-order valence-electron chi connectivity index (χ2n) is 8.48. The highest BCUT2D eigenvalue weighted by Gasteiger charge is 2.30. The molecule has 0 radical (unpaired) electrons. The van der Waals surface area contributed by atoms with Crippen molar-refractivity contribution < 1.29 is 14.0 Å². The number of pyridine rings is 1. The number of piperidine rings is 1. The molecular weight excluding hydrogens is 441 g/mol. The highest BCUT2D eigenvalue weighted by molar-refractivity contribution is 6.12. The number of nitrogen functional groups attached to an aromatic ring is 1. The summed E-state index contributed by atoms with van der Waals surface area (Å²) in [5.74, 6) is -0.888. The van der Waals surface area contributed by atoms with E-state index in [2.05, 4.69) is 30.6 Å². The number of piperazine rings is 1. The standard InChI is InChI=1S/C22H26FN9O2/c23-15-11-27-20-18(19(24)29-32(20)13-15)21(33)28-16-1-4-26-12-17(16)30-7-2-14(3-8-30)22(34)31-9-5-25-6-10-31/h1,4,11-14,25H,2-3,5-10H2,(H2,24,29)(H,26,28,33). The molecule has 0 spiro atoms. The van der Waals surface area contributed by atoms with Gasteiger partial charge in [-0.1, -0.05) is 0 Å². The van der Waals surface area contributed by atoms with Gasteiger partial charge in [-0.05, 0) is 18.9 Å². The van der Waals surface area contributed by atoms with E-state index in [4.69, 9.17) is 5.73 Å². The van der Waals surface area contributed by atoms with Crippen molar-refractivity contribution in [1.82, 2.24) is 29.8 Å². The van der Waals surface area contributed by atoms with Gasteiger partial charge in [-0.2, -0.15) is 0 Å². The van der Waals surface area contributed by atoms with Gasteiger partial charge < -0.3 is 26.2 Å². The smallest absolute Gasteiger partial charge is 0.263 e. The molecule has 4 N–H and O–H groups in total. The fourth-order valence-electron chi connectivity index (χ4n) is 4.59. The number of aromatic nitrogens is 4. The highest BCUT2D eigenvalue weighted by atomic mass is 19.1. The minimum absolute atomic E-state index is 0.00844. The third-order valence-corrected chi connectivity index (χ3v) is 6.36. The number of hydrogen-bond donors (Lipinski definition) is 3. The lowest BCUT2D eigenvalue weighted by Crippen LogP contribution is -2.50. The molecule has 11 nitrogen and oxygen atoms in total. The maximum absolute atomic E-state index is 13.5. The first-order valence-electron chi connectivity index (χ1n) is 11.3. The molecular formula is C22H26FN9O2. The average Bonchev–Trinajstić information content (AvgIpc) is 3.19. The first-order valence-corrected chi connectivity index (χ1v) is 11.3. The zero-order valence-electron chi connectivity index (χ0n) is 18.6. The molecule has 0 saturated carbocycles. The van der Waals surface area contributed by atoms with Gasteiger partial charge in [0.2, 0.25) is 5.91 Å². The van der Waals surface area contributed by atoms with Gasteiger partial charge >= 0.3 is 0 Å². The van der Waals surface area contributed by atoms with E-state index in [1.807, 2.05) is 4.90 Å². The van der Waals surface area contributed by atoms with Crippen LogP contribution in [0.25, 0.3) is 5.65 Å². The quantitative estimate of drug-likeness (QED) is 0.512. The summed E-state index contributed by atoms with van der Waals surface area (Å²) in [4.78, 5) is 38.2. The number of nitrogens with zero attached hydrogens (tertiary/aromatic N) is 6. The van der Waals surface area contributed by atoms with Crippen molar-refractivity contribution in [2.45, 2.75) is 12.8 Å². The van der Waals surface area contributed by atoms with Crippen molar-refractivity contribution >= 4 is 34.7 Å². The van der Waals surface area contributed by atoms with E-state index in [1.165, 1.54) is 0 Å². The summed E-state index contributed by atoms with van der Waals surface area (Å²) in [5, 5.41) is 10.1. The molecule has 0 aromatic carbocycles. The Labute approximate surface area is 195 Å². The maximum atomic E-state index is 13.5. The molecule has 2 aliphatic heterocycles. The van der Waals surface area contributed by atoms with Crippen molar-refractivity contribution in [3.05, 3.63) is 42.2 Å². The van der Waals surface area contributed by atoms with Crippen molar-refractivity contribution in [3.63, 3.8) is 0 Å². The molecule has 2 amide bonds. The van der Waals surface area contributed by atoms with Crippen molar-refractivity contribution in [2.75, 3.05) is 55.2 Å². The van der Waals surface area contributed by atoms with Crippen LogP contribution in [0.5, 0.6) is 0 Å². The number of hydrogen-bond acceptors (Lipinski definition) is 8. The molecule has 2 fully saturated rings. The zero-order chi connectivity index (χ0) is 23.7. The summed E-state index contributed by atoms with van der Waals surface area (Å²) < 4.78 is 14.6. The number of carbonyl (C=O) groups excluding carboxylic acids is 2. The monoisotopic (exact) mass is 467 g/mol. The Bertz CT molecular complexity index is 1220. The SMILES string of the molecule is Nc1nn2cc(F)cnc2c1C(=O)Nc1ccncc1N1CCC(C(=O)N2CCNCC2)CC1. The van der Waals surface area contributed by atoms with Gasteiger partial charge in [0, 0.05) is 51.4 Å². The van der Waals surface area contributed by atoms with Gasteiger partial charge in [-0.15, -0.1) is 5.10 Å². The lowest BCUT2D eigenvalue weighted by molar-refractivity contribution is -0.136. The van der Waals surface area contributed by atoms with Gasteiger partial charge in [0.1, 0.15) is 5.56 Å². The summed E-state index contributed by atoms with van der Waals surface area (Å²) in [6, 6.07) is 1.71. The summed E-state index contributed by atoms with van der Waals surface area (Å²) in [6.07, 6.45) is 6.88. The molecule has 5 rings (SSSR count). The number of rotatable bonds is 4. The van der Waals surface area contributed by atoms with E-state index in [-0.39, 0.29) is 28.9 Å². The van der Waals surface area contributed by atoms with Crippen LogP contribution in [0.15, 0.2) is 30.9 Å². The van der Waals surface area contributed by atoms with E-state index < -0.39 is 11.7 Å². The third kappa shape index (κ3) is 4.23. The Kier molecular flexibility index (Phi) is 5.97. The largest absolute Gasteiger partial charge is 0.381 e. The minimum Gasteiger partial charge on any atom is -0.381 e. The van der Waals surface area contributed by atoms with Crippen molar-refractivity contribution in [2.24, 2.45) is 5.92 Å². The van der Waals surface area contributed by atoms with Crippen LogP contribution in [-0.4, -0.2) is 75.6 Å². The molecule has 5 heterocycles. The average molecular weight is 468 g/mol. The van der Waals surface area contributed by atoms with E-state index in [1.54, 1.807) is 18.5 Å². The highest BCUT2D eigenvalue weighted by Crippen LogP contribution is 2.30. The Morgan fingerprint density at radius 3 is 2.68 bits per heavy atom. The van der Waals surface area contributed by atoms with Gasteiger partial charge in [0.15, 0.2) is 17.3 Å². The van der Waals surface area contributed by atoms with Gasteiger partial charge in [-0.3, -0.25) is 14.6 Å². The van der Waals surface area contributed by atoms with E-state index in [0.29, 0.717) is 18.8 Å². The third-order valence-electron chi connectivity index (χ3n) is 6.36. The van der Waals surface area contributed by atoms with Crippen LogP contribution < -0.4 is 21.3 Å². The molecule has 178 valence electrons. The predicted octanol–water partition coefficient (Wildman–Crippen LogP) is 0.746. The van der Waals surface area contributed by atoms with Gasteiger partial charge in [0.05, 0.1) is 30.0 Å². The molecule has 0 bridgehead atoms. The fourth-order valence-corrected chi connectivity index (χ4v) is 4.59. The Morgan fingerprint density at radius 1 is 1.15 bits per heavy atom. The Hall–Kier alpha value is -3.80. The van der Waals surface area contributed by atoms with Crippen LogP contribution in [0, 0.1) is 11.7 Å². The normalized spacial score (nSPS) is 17.2. The lowest BCUT2D eigenvalue weighted by Gasteiger charge is -2.37. The molecule has 3 aromatic heterocycles. The minimum atomic E-state index is -0.586. The number of anilines is 3. The first kappa shape index (κ1) is 22.0. The van der Waals surface area contributed by atoms with Crippen LogP contribution in [0.3, 0.4) is 0 Å². The summed E-state index contributed by atoms with van der Waals surface area (Å²) in [7, 11) is 0. The van der Waals surface area contributed by atoms with Crippen molar-refractivity contribution in [3.8, 4) is 0 Å². The number of amides is 2. The van der Waals surface area contributed by atoms with Crippen LogP contribution >= 0.6 is 0 Å². The Balaban J connectivity index is 1.30. The van der Waals surface area contributed by atoms with Crippen molar-refractivity contribution in [1.29, 1.82) is 0 Å². The molecule has 2 saturated heterocycles.